The van der Waals surface area contributed by atoms with Gasteiger partial charge in [-0.05, 0) is 70.4 Å². The standard InChI is InChI=1S/C23H28F3N3O4/c1-15(2)19-14-29(16-10-12-28(13-11-16)21(30)33-22(3,4)5)27-20(19)31-17-6-8-18(9-7-17)32-23(24,25)26/h6-9,14,16H,1,10-13H2,2-5H3. The van der Waals surface area contributed by atoms with E-state index in [1.54, 1.807) is 9.58 Å². The van der Waals surface area contributed by atoms with Crippen molar-refractivity contribution in [2.45, 2.75) is 58.5 Å². The van der Waals surface area contributed by atoms with Crippen LogP contribution in [0.4, 0.5) is 18.0 Å². The van der Waals surface area contributed by atoms with Crippen LogP contribution in [0.2, 0.25) is 0 Å². The van der Waals surface area contributed by atoms with E-state index in [0.29, 0.717) is 43.1 Å². The molecule has 7 nitrogen and oxygen atoms in total. The monoisotopic (exact) mass is 467 g/mol. The number of likely N-dealkylation sites (tertiary alicyclic amines) is 1. The van der Waals surface area contributed by atoms with Gasteiger partial charge in [0.1, 0.15) is 17.1 Å². The molecule has 0 atom stereocenters. The number of amides is 1. The van der Waals surface area contributed by atoms with E-state index >= 15 is 0 Å². The molecule has 1 aromatic heterocycles. The first-order valence-corrected chi connectivity index (χ1v) is 10.6. The van der Waals surface area contributed by atoms with E-state index in [-0.39, 0.29) is 17.9 Å². The van der Waals surface area contributed by atoms with Gasteiger partial charge in [0.15, 0.2) is 0 Å². The Kier molecular flexibility index (Phi) is 6.94. The van der Waals surface area contributed by atoms with Crippen LogP contribution in [0.1, 0.15) is 52.1 Å². The van der Waals surface area contributed by atoms with Crippen molar-refractivity contribution in [1.82, 2.24) is 14.7 Å². The summed E-state index contributed by atoms with van der Waals surface area (Å²) in [6, 6.07) is 5.16. The molecule has 0 unspecified atom stereocenters. The lowest BCUT2D eigenvalue weighted by atomic mass is 10.1. The van der Waals surface area contributed by atoms with E-state index in [0.717, 1.165) is 5.57 Å². The third-order valence-electron chi connectivity index (χ3n) is 4.92. The van der Waals surface area contributed by atoms with Gasteiger partial charge in [-0.15, -0.1) is 18.3 Å². The number of carbonyl (C=O) groups is 1. The molecule has 1 saturated heterocycles. The van der Waals surface area contributed by atoms with E-state index < -0.39 is 12.0 Å². The minimum absolute atomic E-state index is 0.0571. The molecule has 1 aromatic carbocycles. The Balaban J connectivity index is 1.68. The minimum atomic E-state index is -4.76. The van der Waals surface area contributed by atoms with E-state index in [9.17, 15) is 18.0 Å². The van der Waals surface area contributed by atoms with E-state index in [2.05, 4.69) is 16.4 Å². The molecule has 1 fully saturated rings. The molecule has 0 bridgehead atoms. The number of alkyl halides is 3. The Morgan fingerprint density at radius 3 is 2.18 bits per heavy atom. The van der Waals surface area contributed by atoms with Crippen LogP contribution in [-0.4, -0.2) is 45.8 Å². The third-order valence-corrected chi connectivity index (χ3v) is 4.92. The SMILES string of the molecule is C=C(C)c1cn(C2CCN(C(=O)OC(C)(C)C)CC2)nc1Oc1ccc(OC(F)(F)F)cc1. The highest BCUT2D eigenvalue weighted by Gasteiger charge is 2.31. The number of hydrogen-bond acceptors (Lipinski definition) is 5. The van der Waals surface area contributed by atoms with Crippen LogP contribution in [-0.2, 0) is 4.74 Å². The molecule has 0 aliphatic carbocycles. The van der Waals surface area contributed by atoms with Gasteiger partial charge in [-0.2, -0.15) is 0 Å². The van der Waals surface area contributed by atoms with Crippen LogP contribution in [0, 0.1) is 0 Å². The number of benzene rings is 1. The third kappa shape index (κ3) is 6.90. The topological polar surface area (TPSA) is 65.8 Å². The number of piperidine rings is 1. The Labute approximate surface area is 190 Å². The van der Waals surface area contributed by atoms with Crippen molar-refractivity contribution >= 4 is 11.7 Å². The summed E-state index contributed by atoms with van der Waals surface area (Å²) in [5.41, 5.74) is 0.884. The average Bonchev–Trinajstić information content (AvgIpc) is 3.11. The summed E-state index contributed by atoms with van der Waals surface area (Å²) in [7, 11) is 0. The summed E-state index contributed by atoms with van der Waals surface area (Å²) >= 11 is 0. The zero-order valence-electron chi connectivity index (χ0n) is 19.1. The van der Waals surface area contributed by atoms with Crippen molar-refractivity contribution in [3.05, 3.63) is 42.6 Å². The summed E-state index contributed by atoms with van der Waals surface area (Å²) in [6.45, 7) is 12.4. The second-order valence-corrected chi connectivity index (χ2v) is 8.93. The van der Waals surface area contributed by atoms with Crippen molar-refractivity contribution in [3.63, 3.8) is 0 Å². The molecule has 1 amide bonds. The summed E-state index contributed by atoms with van der Waals surface area (Å²) in [6.07, 6.45) is -1.86. The van der Waals surface area contributed by atoms with E-state index in [1.165, 1.54) is 24.3 Å². The molecule has 1 aliphatic rings. The summed E-state index contributed by atoms with van der Waals surface area (Å²) in [5, 5.41) is 4.55. The molecule has 180 valence electrons. The second kappa shape index (κ2) is 9.36. The molecule has 1 aliphatic heterocycles. The van der Waals surface area contributed by atoms with Gasteiger partial charge in [-0.3, -0.25) is 4.68 Å². The van der Waals surface area contributed by atoms with Gasteiger partial charge in [-0.25, -0.2) is 4.79 Å². The fraction of sp³-hybridized carbons (Fsp3) is 0.478. The number of carbonyl (C=O) groups excluding carboxylic acids is 1. The summed E-state index contributed by atoms with van der Waals surface area (Å²) in [5.74, 6) is 0.288. The number of halogens is 3. The van der Waals surface area contributed by atoms with Crippen LogP contribution >= 0.6 is 0 Å². The molecule has 0 radical (unpaired) electrons. The summed E-state index contributed by atoms with van der Waals surface area (Å²) in [4.78, 5) is 14.0. The van der Waals surface area contributed by atoms with Crippen molar-refractivity contribution < 1.29 is 32.2 Å². The molecule has 3 rings (SSSR count). The number of allylic oxidation sites excluding steroid dienone is 1. The van der Waals surface area contributed by atoms with Crippen LogP contribution < -0.4 is 9.47 Å². The van der Waals surface area contributed by atoms with Crippen LogP contribution in [0.3, 0.4) is 0 Å². The van der Waals surface area contributed by atoms with Gasteiger partial charge in [0.2, 0.25) is 5.88 Å². The highest BCUT2D eigenvalue weighted by atomic mass is 19.4. The maximum atomic E-state index is 12.3. The Morgan fingerprint density at radius 2 is 1.67 bits per heavy atom. The Morgan fingerprint density at radius 1 is 1.09 bits per heavy atom. The van der Waals surface area contributed by atoms with Gasteiger partial charge in [-0.1, -0.05) is 6.58 Å². The van der Waals surface area contributed by atoms with Crippen LogP contribution in [0.15, 0.2) is 37.0 Å². The fourth-order valence-electron chi connectivity index (χ4n) is 3.39. The average molecular weight is 467 g/mol. The highest BCUT2D eigenvalue weighted by molar-refractivity contribution is 5.68. The van der Waals surface area contributed by atoms with Gasteiger partial charge in [0, 0.05) is 19.3 Å². The zero-order valence-corrected chi connectivity index (χ0v) is 19.1. The molecule has 0 N–H and O–H groups in total. The minimum Gasteiger partial charge on any atom is -0.444 e. The Hall–Kier alpha value is -3.17. The number of rotatable bonds is 5. The number of nitrogens with zero attached hydrogens (tertiary/aromatic N) is 3. The van der Waals surface area contributed by atoms with E-state index in [1.807, 2.05) is 33.9 Å². The smallest absolute Gasteiger partial charge is 0.444 e. The molecule has 10 heteroatoms. The van der Waals surface area contributed by atoms with E-state index in [4.69, 9.17) is 9.47 Å². The maximum Gasteiger partial charge on any atom is 0.573 e. The molecular weight excluding hydrogens is 439 g/mol. The fourth-order valence-corrected chi connectivity index (χ4v) is 3.39. The second-order valence-electron chi connectivity index (χ2n) is 8.93. The van der Waals surface area contributed by atoms with Crippen LogP contribution in [0.5, 0.6) is 17.4 Å². The predicted molar refractivity (Wildman–Crippen MR) is 116 cm³/mol. The molecule has 2 aromatic rings. The highest BCUT2D eigenvalue weighted by Crippen LogP contribution is 2.33. The first-order chi connectivity index (χ1) is 15.3. The van der Waals surface area contributed by atoms with Crippen molar-refractivity contribution in [3.8, 4) is 17.4 Å². The maximum absolute atomic E-state index is 12.3. The van der Waals surface area contributed by atoms with Crippen molar-refractivity contribution in [2.75, 3.05) is 13.1 Å². The summed E-state index contributed by atoms with van der Waals surface area (Å²) < 4.78 is 54.0. The van der Waals surface area contributed by atoms with Crippen LogP contribution in [0.25, 0.3) is 5.57 Å². The normalized spacial score (nSPS) is 15.3. The quantitative estimate of drug-likeness (QED) is 0.525. The zero-order chi connectivity index (χ0) is 24.4. The number of ether oxygens (including phenoxy) is 3. The molecule has 33 heavy (non-hydrogen) atoms. The van der Waals surface area contributed by atoms with Gasteiger partial charge < -0.3 is 19.1 Å². The molecular formula is C23H28F3N3O4. The van der Waals surface area contributed by atoms with Gasteiger partial charge >= 0.3 is 12.5 Å². The first-order valence-electron chi connectivity index (χ1n) is 10.6. The number of hydrogen-bond donors (Lipinski definition) is 0. The van der Waals surface area contributed by atoms with Crippen molar-refractivity contribution in [1.29, 1.82) is 0 Å². The van der Waals surface area contributed by atoms with Crippen molar-refractivity contribution in [2.24, 2.45) is 0 Å². The molecule has 2 heterocycles. The lowest BCUT2D eigenvalue weighted by Crippen LogP contribution is -2.42. The first kappa shape index (κ1) is 24.5. The number of aromatic nitrogens is 2. The van der Waals surface area contributed by atoms with Gasteiger partial charge in [0.25, 0.3) is 0 Å². The Bertz CT molecular complexity index is 986. The lowest BCUT2D eigenvalue weighted by Gasteiger charge is -2.33. The predicted octanol–water partition coefficient (Wildman–Crippen LogP) is 6.18. The lowest BCUT2D eigenvalue weighted by molar-refractivity contribution is -0.274. The largest absolute Gasteiger partial charge is 0.573 e. The molecule has 0 saturated carbocycles. The molecule has 0 spiro atoms. The van der Waals surface area contributed by atoms with Gasteiger partial charge in [0.05, 0.1) is 11.6 Å².